The van der Waals surface area contributed by atoms with E-state index in [0.29, 0.717) is 19.1 Å². The summed E-state index contributed by atoms with van der Waals surface area (Å²) in [5.74, 6) is 1.21. The summed E-state index contributed by atoms with van der Waals surface area (Å²) < 4.78 is 3.34. The smallest absolute Gasteiger partial charge is 0.339 e. The highest BCUT2D eigenvalue weighted by molar-refractivity contribution is 5.91. The number of hydrogen-bond acceptors (Lipinski definition) is 3. The van der Waals surface area contributed by atoms with Gasteiger partial charge in [0.25, 0.3) is 0 Å². The molecule has 0 bridgehead atoms. The number of carbonyl (C=O) groups is 1. The van der Waals surface area contributed by atoms with Gasteiger partial charge in [0.2, 0.25) is 5.91 Å². The Kier molecular flexibility index (Phi) is 4.49. The second-order valence-electron chi connectivity index (χ2n) is 7.21. The van der Waals surface area contributed by atoms with E-state index in [1.165, 1.54) is 4.68 Å². The molecule has 2 aromatic rings. The van der Waals surface area contributed by atoms with Crippen LogP contribution in [0.3, 0.4) is 0 Å². The first-order valence-corrected chi connectivity index (χ1v) is 9.31. The van der Waals surface area contributed by atoms with Gasteiger partial charge in [0, 0.05) is 38.2 Å². The van der Waals surface area contributed by atoms with Gasteiger partial charge in [-0.05, 0) is 37.3 Å². The van der Waals surface area contributed by atoms with Crippen molar-refractivity contribution in [2.24, 2.45) is 7.05 Å². The van der Waals surface area contributed by atoms with Gasteiger partial charge in [-0.1, -0.05) is 30.3 Å². The van der Waals surface area contributed by atoms with Crippen LogP contribution in [0.1, 0.15) is 49.0 Å². The molecular weight excluding hydrogens is 328 g/mol. The fourth-order valence-electron chi connectivity index (χ4n) is 3.65. The van der Waals surface area contributed by atoms with Crippen molar-refractivity contribution < 1.29 is 4.79 Å². The van der Waals surface area contributed by atoms with Crippen molar-refractivity contribution in [2.75, 3.05) is 13.1 Å². The number of rotatable bonds is 4. The third kappa shape index (κ3) is 3.36. The summed E-state index contributed by atoms with van der Waals surface area (Å²) >= 11 is 0. The fraction of sp³-hybridized carbons (Fsp3) is 0.450. The molecule has 2 aliphatic rings. The third-order valence-corrected chi connectivity index (χ3v) is 5.28. The summed E-state index contributed by atoms with van der Waals surface area (Å²) in [5.41, 5.74) is 1.02. The van der Waals surface area contributed by atoms with Crippen LogP contribution in [0.25, 0.3) is 6.08 Å². The number of aromatic nitrogens is 3. The highest BCUT2D eigenvalue weighted by Crippen LogP contribution is 2.37. The van der Waals surface area contributed by atoms with E-state index in [1.807, 2.05) is 45.9 Å². The summed E-state index contributed by atoms with van der Waals surface area (Å²) in [6.07, 6.45) is 7.36. The van der Waals surface area contributed by atoms with Gasteiger partial charge in [0.05, 0.1) is 0 Å². The number of aryl methyl sites for hydroxylation is 1. The molecule has 136 valence electrons. The number of carbonyl (C=O) groups excluding carboxylic acids is 1. The first-order chi connectivity index (χ1) is 12.6. The van der Waals surface area contributed by atoms with Gasteiger partial charge < -0.3 is 4.90 Å². The quantitative estimate of drug-likeness (QED) is 0.794. The van der Waals surface area contributed by atoms with Gasteiger partial charge in [-0.3, -0.25) is 9.36 Å². The van der Waals surface area contributed by atoms with E-state index in [9.17, 15) is 9.59 Å². The van der Waals surface area contributed by atoms with E-state index >= 15 is 0 Å². The van der Waals surface area contributed by atoms with Gasteiger partial charge in [-0.2, -0.15) is 5.10 Å². The summed E-state index contributed by atoms with van der Waals surface area (Å²) in [6.45, 7) is 1.41. The van der Waals surface area contributed by atoms with Crippen LogP contribution in [0, 0.1) is 0 Å². The summed E-state index contributed by atoms with van der Waals surface area (Å²) in [4.78, 5) is 26.6. The molecule has 1 saturated heterocycles. The first-order valence-electron chi connectivity index (χ1n) is 9.31. The molecule has 6 nitrogen and oxygen atoms in total. The molecule has 0 atom stereocenters. The Balaban J connectivity index is 1.40. The molecule has 0 spiro atoms. The van der Waals surface area contributed by atoms with Crippen LogP contribution in [0.15, 0.2) is 41.2 Å². The fourth-order valence-corrected chi connectivity index (χ4v) is 3.65. The minimum absolute atomic E-state index is 0.00759. The number of piperidine rings is 1. The number of hydrogen-bond donors (Lipinski definition) is 0. The van der Waals surface area contributed by atoms with Crippen LogP contribution in [-0.2, 0) is 11.8 Å². The molecule has 1 amide bonds. The van der Waals surface area contributed by atoms with Crippen molar-refractivity contribution in [1.29, 1.82) is 0 Å². The van der Waals surface area contributed by atoms with Crippen LogP contribution >= 0.6 is 0 Å². The van der Waals surface area contributed by atoms with Crippen molar-refractivity contribution in [3.8, 4) is 0 Å². The zero-order chi connectivity index (χ0) is 18.1. The summed E-state index contributed by atoms with van der Waals surface area (Å²) in [7, 11) is 1.72. The standard InChI is InChI=1S/C20H24N4O2/c1-22-20(26)24(17-8-9-17)19(21-22)16-11-13-23(14-12-16)18(25)10-7-15-5-3-2-4-6-15/h2-7,10,16-17H,8-9,11-14H2,1H3/b10-7+. The van der Waals surface area contributed by atoms with Gasteiger partial charge in [-0.15, -0.1) is 0 Å². The topological polar surface area (TPSA) is 60.1 Å². The Labute approximate surface area is 152 Å². The first kappa shape index (κ1) is 16.8. The predicted molar refractivity (Wildman–Crippen MR) is 99.8 cm³/mol. The molecule has 4 rings (SSSR count). The lowest BCUT2D eigenvalue weighted by Gasteiger charge is -2.31. The monoisotopic (exact) mass is 352 g/mol. The minimum atomic E-state index is -0.00759. The average Bonchev–Trinajstić information content (AvgIpc) is 3.47. The van der Waals surface area contributed by atoms with E-state index in [4.69, 9.17) is 0 Å². The number of nitrogens with zero attached hydrogens (tertiary/aromatic N) is 4. The highest BCUT2D eigenvalue weighted by Gasteiger charge is 2.33. The number of benzene rings is 1. The van der Waals surface area contributed by atoms with Crippen molar-refractivity contribution >= 4 is 12.0 Å². The van der Waals surface area contributed by atoms with Crippen LogP contribution in [0.4, 0.5) is 0 Å². The Hall–Kier alpha value is -2.63. The van der Waals surface area contributed by atoms with Gasteiger partial charge >= 0.3 is 5.69 Å². The number of amides is 1. The van der Waals surface area contributed by atoms with Gasteiger partial charge in [-0.25, -0.2) is 9.48 Å². The summed E-state index contributed by atoms with van der Waals surface area (Å²) in [6, 6.07) is 10.2. The predicted octanol–water partition coefficient (Wildman–Crippen LogP) is 2.34. The molecule has 1 aliphatic carbocycles. The van der Waals surface area contributed by atoms with Crippen LogP contribution < -0.4 is 5.69 Å². The average molecular weight is 352 g/mol. The maximum Gasteiger partial charge on any atom is 0.345 e. The second-order valence-corrected chi connectivity index (χ2v) is 7.21. The lowest BCUT2D eigenvalue weighted by molar-refractivity contribution is -0.127. The molecule has 0 unspecified atom stereocenters. The van der Waals surface area contributed by atoms with E-state index in [2.05, 4.69) is 5.10 Å². The van der Waals surface area contributed by atoms with Crippen LogP contribution in [0.5, 0.6) is 0 Å². The SMILES string of the molecule is Cn1nc(C2CCN(C(=O)/C=C/c3ccccc3)CC2)n(C2CC2)c1=O. The molecule has 6 heteroatoms. The zero-order valence-corrected chi connectivity index (χ0v) is 15.0. The largest absolute Gasteiger partial charge is 0.345 e. The van der Waals surface area contributed by atoms with E-state index < -0.39 is 0 Å². The van der Waals surface area contributed by atoms with Crippen LogP contribution in [-0.4, -0.2) is 38.2 Å². The maximum atomic E-state index is 12.4. The molecular formula is C20H24N4O2. The van der Waals surface area contributed by atoms with E-state index in [-0.39, 0.29) is 17.5 Å². The van der Waals surface area contributed by atoms with Crippen LogP contribution in [0.2, 0.25) is 0 Å². The lowest BCUT2D eigenvalue weighted by Crippen LogP contribution is -2.37. The molecule has 1 aliphatic heterocycles. The Morgan fingerprint density at radius 2 is 1.81 bits per heavy atom. The molecule has 1 aromatic heterocycles. The Bertz CT molecular complexity index is 869. The van der Waals surface area contributed by atoms with Crippen molar-refractivity contribution in [3.05, 3.63) is 58.3 Å². The normalized spacial score (nSPS) is 18.6. The van der Waals surface area contributed by atoms with Gasteiger partial charge in [0.15, 0.2) is 0 Å². The molecule has 1 aromatic carbocycles. The second kappa shape index (κ2) is 6.94. The Morgan fingerprint density at radius 3 is 2.46 bits per heavy atom. The zero-order valence-electron chi connectivity index (χ0n) is 15.0. The highest BCUT2D eigenvalue weighted by atomic mass is 16.2. The lowest BCUT2D eigenvalue weighted by atomic mass is 9.95. The minimum Gasteiger partial charge on any atom is -0.339 e. The molecule has 26 heavy (non-hydrogen) atoms. The summed E-state index contributed by atoms with van der Waals surface area (Å²) in [5, 5.41) is 4.49. The molecule has 0 radical (unpaired) electrons. The van der Waals surface area contributed by atoms with Gasteiger partial charge in [0.1, 0.15) is 5.82 Å². The molecule has 2 fully saturated rings. The van der Waals surface area contributed by atoms with Crippen molar-refractivity contribution in [2.45, 2.75) is 37.6 Å². The molecule has 2 heterocycles. The Morgan fingerprint density at radius 1 is 1.12 bits per heavy atom. The molecule has 0 N–H and O–H groups in total. The third-order valence-electron chi connectivity index (χ3n) is 5.28. The van der Waals surface area contributed by atoms with E-state index in [1.54, 1.807) is 13.1 Å². The van der Waals surface area contributed by atoms with E-state index in [0.717, 1.165) is 37.1 Å². The number of likely N-dealkylation sites (tertiary alicyclic amines) is 1. The van der Waals surface area contributed by atoms with Crippen molar-refractivity contribution in [1.82, 2.24) is 19.2 Å². The molecule has 1 saturated carbocycles. The van der Waals surface area contributed by atoms with Crippen molar-refractivity contribution in [3.63, 3.8) is 0 Å². The maximum absolute atomic E-state index is 12.4.